The van der Waals surface area contributed by atoms with Crippen LogP contribution in [0.1, 0.15) is 48.0 Å². The van der Waals surface area contributed by atoms with E-state index in [0.29, 0.717) is 35.3 Å². The number of amides is 1. The Morgan fingerprint density at radius 2 is 1.68 bits per heavy atom. The van der Waals surface area contributed by atoms with Gasteiger partial charge in [-0.15, -0.1) is 0 Å². The maximum atomic E-state index is 12.5. The van der Waals surface area contributed by atoms with Gasteiger partial charge in [-0.25, -0.2) is 0 Å². The van der Waals surface area contributed by atoms with Crippen molar-refractivity contribution in [3.05, 3.63) is 58.6 Å². The van der Waals surface area contributed by atoms with Crippen LogP contribution < -0.4 is 14.8 Å². The molecule has 5 nitrogen and oxygen atoms in total. The molecule has 28 heavy (non-hydrogen) atoms. The van der Waals surface area contributed by atoms with Crippen LogP contribution in [0.3, 0.4) is 0 Å². The van der Waals surface area contributed by atoms with Crippen LogP contribution in [0.4, 0.5) is 0 Å². The van der Waals surface area contributed by atoms with E-state index >= 15 is 0 Å². The van der Waals surface area contributed by atoms with Gasteiger partial charge < -0.3 is 14.8 Å². The zero-order chi connectivity index (χ0) is 19.6. The molecule has 146 valence electrons. The van der Waals surface area contributed by atoms with Crippen molar-refractivity contribution < 1.29 is 19.1 Å². The van der Waals surface area contributed by atoms with Crippen LogP contribution in [0.25, 0.3) is 0 Å². The lowest BCUT2D eigenvalue weighted by Gasteiger charge is -2.43. The molecular formula is C22H22ClNO4. The third-order valence-electron chi connectivity index (χ3n) is 5.43. The van der Waals surface area contributed by atoms with Gasteiger partial charge in [-0.1, -0.05) is 23.7 Å². The number of Topliss-reactive ketones (excluding diaryl/α,β-unsaturated/α-hetero) is 1. The molecule has 0 aromatic heterocycles. The lowest BCUT2D eigenvalue weighted by molar-refractivity contribution is -0.124. The summed E-state index contributed by atoms with van der Waals surface area (Å²) in [5.41, 5.74) is 1.27. The van der Waals surface area contributed by atoms with E-state index in [9.17, 15) is 9.59 Å². The number of halogens is 1. The summed E-state index contributed by atoms with van der Waals surface area (Å²) >= 11 is 5.97. The molecule has 0 radical (unpaired) electrons. The smallest absolute Gasteiger partial charge is 0.221 e. The molecule has 0 unspecified atom stereocenters. The molecule has 1 aliphatic heterocycles. The molecule has 1 aliphatic carbocycles. The molecule has 2 aliphatic rings. The van der Waals surface area contributed by atoms with E-state index in [1.807, 2.05) is 24.3 Å². The van der Waals surface area contributed by atoms with Gasteiger partial charge in [0.05, 0.1) is 5.54 Å². The van der Waals surface area contributed by atoms with Crippen molar-refractivity contribution in [1.29, 1.82) is 0 Å². The Balaban J connectivity index is 1.36. The summed E-state index contributed by atoms with van der Waals surface area (Å²) in [5.74, 6) is 1.04. The molecule has 1 amide bonds. The Kier molecular flexibility index (Phi) is 5.27. The Labute approximate surface area is 169 Å². The quantitative estimate of drug-likeness (QED) is 0.737. The van der Waals surface area contributed by atoms with E-state index in [4.69, 9.17) is 21.1 Å². The minimum Gasteiger partial charge on any atom is -0.486 e. The van der Waals surface area contributed by atoms with Gasteiger partial charge >= 0.3 is 0 Å². The Morgan fingerprint density at radius 3 is 2.36 bits per heavy atom. The third-order valence-corrected chi connectivity index (χ3v) is 5.68. The number of carbonyl (C=O) groups is 2. The molecule has 1 fully saturated rings. The highest BCUT2D eigenvalue weighted by Crippen LogP contribution is 2.41. The summed E-state index contributed by atoms with van der Waals surface area (Å²) in [7, 11) is 0. The molecule has 2 aromatic carbocycles. The Hall–Kier alpha value is -2.53. The number of rotatable bonds is 6. The first-order chi connectivity index (χ1) is 13.6. The van der Waals surface area contributed by atoms with Gasteiger partial charge in [0.1, 0.15) is 13.2 Å². The van der Waals surface area contributed by atoms with Crippen LogP contribution in [0, 0.1) is 0 Å². The van der Waals surface area contributed by atoms with Gasteiger partial charge in [0.15, 0.2) is 17.3 Å². The van der Waals surface area contributed by atoms with Crippen LogP contribution in [0.2, 0.25) is 5.02 Å². The van der Waals surface area contributed by atoms with E-state index in [1.54, 1.807) is 18.2 Å². The van der Waals surface area contributed by atoms with Gasteiger partial charge in [0, 0.05) is 23.4 Å². The average Bonchev–Trinajstić information content (AvgIpc) is 2.69. The Morgan fingerprint density at radius 1 is 0.964 bits per heavy atom. The number of hydrogen-bond acceptors (Lipinski definition) is 4. The second-order valence-corrected chi connectivity index (χ2v) is 7.71. The molecule has 1 heterocycles. The normalized spacial score (nSPS) is 16.8. The molecule has 6 heteroatoms. The first-order valence-electron chi connectivity index (χ1n) is 9.56. The van der Waals surface area contributed by atoms with Gasteiger partial charge in [-0.05, 0) is 55.2 Å². The minimum atomic E-state index is -0.332. The number of ether oxygens (including phenoxy) is 2. The molecule has 0 spiro atoms. The second-order valence-electron chi connectivity index (χ2n) is 7.27. The van der Waals surface area contributed by atoms with Crippen molar-refractivity contribution in [2.75, 3.05) is 13.2 Å². The van der Waals surface area contributed by atoms with Gasteiger partial charge in [0.25, 0.3) is 0 Å². The van der Waals surface area contributed by atoms with E-state index in [1.165, 1.54) is 0 Å². The number of benzene rings is 2. The zero-order valence-electron chi connectivity index (χ0n) is 15.5. The predicted molar refractivity (Wildman–Crippen MR) is 106 cm³/mol. The number of carbonyl (C=O) groups excluding carboxylic acids is 2. The molecule has 0 atom stereocenters. The maximum absolute atomic E-state index is 12.5. The van der Waals surface area contributed by atoms with Gasteiger partial charge in [-0.3, -0.25) is 9.59 Å². The zero-order valence-corrected chi connectivity index (χ0v) is 16.3. The summed E-state index contributed by atoms with van der Waals surface area (Å²) in [6, 6.07) is 12.8. The monoisotopic (exact) mass is 399 g/mol. The van der Waals surface area contributed by atoms with Crippen LogP contribution in [0.5, 0.6) is 11.5 Å². The third kappa shape index (κ3) is 3.85. The fourth-order valence-electron chi connectivity index (χ4n) is 3.70. The fraction of sp³-hybridized carbons (Fsp3) is 0.364. The largest absolute Gasteiger partial charge is 0.486 e. The van der Waals surface area contributed by atoms with Crippen molar-refractivity contribution in [1.82, 2.24) is 5.32 Å². The molecule has 1 saturated carbocycles. The van der Waals surface area contributed by atoms with Crippen molar-refractivity contribution in [2.24, 2.45) is 0 Å². The Bertz CT molecular complexity index is 890. The highest BCUT2D eigenvalue weighted by molar-refractivity contribution is 6.30. The number of ketones is 1. The number of hydrogen-bond donors (Lipinski definition) is 1. The van der Waals surface area contributed by atoms with E-state index in [0.717, 1.165) is 24.8 Å². The van der Waals surface area contributed by atoms with Crippen LogP contribution in [-0.4, -0.2) is 24.9 Å². The number of fused-ring (bicyclic) bond motifs is 1. The highest BCUT2D eigenvalue weighted by Gasteiger charge is 2.39. The van der Waals surface area contributed by atoms with E-state index in [2.05, 4.69) is 5.32 Å². The first kappa shape index (κ1) is 18.8. The van der Waals surface area contributed by atoms with Crippen LogP contribution in [-0.2, 0) is 10.3 Å². The summed E-state index contributed by atoms with van der Waals surface area (Å²) in [5, 5.41) is 3.82. The summed E-state index contributed by atoms with van der Waals surface area (Å²) in [6.07, 6.45) is 3.18. The van der Waals surface area contributed by atoms with Crippen molar-refractivity contribution in [3.8, 4) is 11.5 Å². The van der Waals surface area contributed by atoms with Crippen LogP contribution in [0.15, 0.2) is 42.5 Å². The molecular weight excluding hydrogens is 378 g/mol. The fourth-order valence-corrected chi connectivity index (χ4v) is 3.83. The van der Waals surface area contributed by atoms with Crippen molar-refractivity contribution >= 4 is 23.3 Å². The molecule has 1 N–H and O–H groups in total. The summed E-state index contributed by atoms with van der Waals surface area (Å²) in [4.78, 5) is 25.0. The predicted octanol–water partition coefficient (Wildman–Crippen LogP) is 4.27. The van der Waals surface area contributed by atoms with Crippen molar-refractivity contribution in [2.45, 2.75) is 37.6 Å². The van der Waals surface area contributed by atoms with E-state index in [-0.39, 0.29) is 30.1 Å². The lowest BCUT2D eigenvalue weighted by Crippen LogP contribution is -2.50. The molecule has 4 rings (SSSR count). The molecule has 0 bridgehead atoms. The summed E-state index contributed by atoms with van der Waals surface area (Å²) in [6.45, 7) is 0.982. The minimum absolute atomic E-state index is 0.0822. The topological polar surface area (TPSA) is 64.6 Å². The van der Waals surface area contributed by atoms with Gasteiger partial charge in [0.2, 0.25) is 5.91 Å². The second kappa shape index (κ2) is 7.84. The van der Waals surface area contributed by atoms with Gasteiger partial charge in [-0.2, -0.15) is 0 Å². The first-order valence-corrected chi connectivity index (χ1v) is 9.93. The molecule has 2 aromatic rings. The standard InChI is InChI=1S/C22H22ClNO4/c23-17-5-3-16(4-6-17)22(10-1-11-22)24-21(26)9-7-18(25)15-2-8-19-20(14-15)28-13-12-27-19/h2-6,8,14H,1,7,9-13H2,(H,24,26). The lowest BCUT2D eigenvalue weighted by atomic mass is 9.71. The van der Waals surface area contributed by atoms with Crippen LogP contribution >= 0.6 is 11.6 Å². The van der Waals surface area contributed by atoms with E-state index < -0.39 is 0 Å². The summed E-state index contributed by atoms with van der Waals surface area (Å²) < 4.78 is 11.0. The average molecular weight is 400 g/mol. The van der Waals surface area contributed by atoms with Crippen molar-refractivity contribution in [3.63, 3.8) is 0 Å². The number of nitrogens with one attached hydrogen (secondary N) is 1. The maximum Gasteiger partial charge on any atom is 0.221 e. The SMILES string of the molecule is O=C(CCC(=O)c1ccc2c(c1)OCCO2)NC1(c2ccc(Cl)cc2)CCC1. The molecule has 0 saturated heterocycles. The highest BCUT2D eigenvalue weighted by atomic mass is 35.5.